The number of hydrogen-bond donors (Lipinski definition) is 0. The Kier molecular flexibility index (Phi) is 4.83. The molecule has 2 amide bonds. The number of carbonyl (C=O) groups excluding carboxylic acids is 2. The molecule has 0 saturated carbocycles. The standard InChI is InChI=1S/C21H19FN2O4/c1-27-17-8-6-16(7-9-17)24-20(25)18(14-2-4-15(22)5-3-14)19(21(24)26)23-10-12-28-13-11-23/h2-9H,10-13H2,1H3. The van der Waals surface area contributed by atoms with Gasteiger partial charge in [0.15, 0.2) is 0 Å². The van der Waals surface area contributed by atoms with E-state index < -0.39 is 17.6 Å². The number of hydrogen-bond acceptors (Lipinski definition) is 5. The van der Waals surface area contributed by atoms with E-state index >= 15 is 0 Å². The van der Waals surface area contributed by atoms with Crippen molar-refractivity contribution in [3.05, 3.63) is 65.6 Å². The number of nitrogens with zero attached hydrogens (tertiary/aromatic N) is 2. The van der Waals surface area contributed by atoms with Crippen LogP contribution in [0.3, 0.4) is 0 Å². The fraction of sp³-hybridized carbons (Fsp3) is 0.238. The molecule has 2 heterocycles. The molecule has 1 saturated heterocycles. The van der Waals surface area contributed by atoms with Crippen molar-refractivity contribution in [1.29, 1.82) is 0 Å². The Morgan fingerprint density at radius 2 is 1.57 bits per heavy atom. The van der Waals surface area contributed by atoms with Gasteiger partial charge in [-0.2, -0.15) is 0 Å². The summed E-state index contributed by atoms with van der Waals surface area (Å²) in [6.07, 6.45) is 0. The van der Waals surface area contributed by atoms with Crippen molar-refractivity contribution >= 4 is 23.1 Å². The normalized spacial score (nSPS) is 17.5. The maximum absolute atomic E-state index is 13.4. The molecule has 2 aliphatic heterocycles. The molecule has 28 heavy (non-hydrogen) atoms. The zero-order valence-corrected chi connectivity index (χ0v) is 15.4. The molecule has 0 aromatic heterocycles. The summed E-state index contributed by atoms with van der Waals surface area (Å²) in [7, 11) is 1.55. The maximum Gasteiger partial charge on any atom is 0.282 e. The van der Waals surface area contributed by atoms with Gasteiger partial charge in [0.1, 0.15) is 17.3 Å². The Morgan fingerprint density at radius 3 is 2.18 bits per heavy atom. The van der Waals surface area contributed by atoms with E-state index in [1.165, 1.54) is 24.3 Å². The molecular formula is C21H19FN2O4. The molecule has 0 atom stereocenters. The Hall–Kier alpha value is -3.19. The largest absolute Gasteiger partial charge is 0.497 e. The molecule has 2 aromatic carbocycles. The van der Waals surface area contributed by atoms with Crippen LogP contribution in [-0.4, -0.2) is 50.1 Å². The Labute approximate surface area is 161 Å². The molecule has 2 aromatic rings. The minimum Gasteiger partial charge on any atom is -0.497 e. The molecule has 2 aliphatic rings. The number of ether oxygens (including phenoxy) is 2. The van der Waals surface area contributed by atoms with Crippen molar-refractivity contribution in [1.82, 2.24) is 4.90 Å². The molecule has 1 fully saturated rings. The van der Waals surface area contributed by atoms with E-state index in [2.05, 4.69) is 0 Å². The minimum atomic E-state index is -0.428. The highest BCUT2D eigenvalue weighted by molar-refractivity contribution is 6.45. The third kappa shape index (κ3) is 3.14. The van der Waals surface area contributed by atoms with Gasteiger partial charge < -0.3 is 14.4 Å². The summed E-state index contributed by atoms with van der Waals surface area (Å²) in [5, 5.41) is 0. The summed E-state index contributed by atoms with van der Waals surface area (Å²) >= 11 is 0. The fourth-order valence-corrected chi connectivity index (χ4v) is 3.44. The van der Waals surface area contributed by atoms with Crippen molar-refractivity contribution in [2.75, 3.05) is 38.3 Å². The average molecular weight is 382 g/mol. The lowest BCUT2D eigenvalue weighted by molar-refractivity contribution is -0.121. The van der Waals surface area contributed by atoms with Crippen molar-refractivity contribution in [2.24, 2.45) is 0 Å². The molecule has 7 heteroatoms. The SMILES string of the molecule is COc1ccc(N2C(=O)C(c3ccc(F)cc3)=C(N3CCOCC3)C2=O)cc1. The average Bonchev–Trinajstić information content (AvgIpc) is 2.99. The molecule has 0 bridgehead atoms. The molecule has 0 radical (unpaired) electrons. The van der Waals surface area contributed by atoms with Gasteiger partial charge in [-0.15, -0.1) is 0 Å². The number of rotatable bonds is 4. The second-order valence-electron chi connectivity index (χ2n) is 6.47. The van der Waals surface area contributed by atoms with Crippen LogP contribution in [0, 0.1) is 5.82 Å². The fourth-order valence-electron chi connectivity index (χ4n) is 3.44. The number of halogens is 1. The Balaban J connectivity index is 1.79. The zero-order valence-electron chi connectivity index (χ0n) is 15.4. The number of morpholine rings is 1. The highest BCUT2D eigenvalue weighted by Gasteiger charge is 2.42. The quantitative estimate of drug-likeness (QED) is 0.761. The maximum atomic E-state index is 13.4. The first kappa shape index (κ1) is 18.2. The van der Waals surface area contributed by atoms with E-state index in [0.29, 0.717) is 49.0 Å². The number of imide groups is 1. The van der Waals surface area contributed by atoms with Gasteiger partial charge in [0.05, 0.1) is 31.6 Å². The van der Waals surface area contributed by atoms with Crippen LogP contribution in [0.25, 0.3) is 5.57 Å². The number of anilines is 1. The van der Waals surface area contributed by atoms with Crippen LogP contribution in [-0.2, 0) is 14.3 Å². The van der Waals surface area contributed by atoms with Crippen LogP contribution in [0.1, 0.15) is 5.56 Å². The van der Waals surface area contributed by atoms with E-state index in [0.717, 1.165) is 4.90 Å². The van der Waals surface area contributed by atoms with Gasteiger partial charge in [-0.05, 0) is 42.0 Å². The molecule has 4 rings (SSSR count). The number of benzene rings is 2. The van der Waals surface area contributed by atoms with Gasteiger partial charge in [0.25, 0.3) is 11.8 Å². The van der Waals surface area contributed by atoms with Crippen LogP contribution < -0.4 is 9.64 Å². The molecule has 0 spiro atoms. The smallest absolute Gasteiger partial charge is 0.282 e. The first-order chi connectivity index (χ1) is 13.6. The molecule has 6 nitrogen and oxygen atoms in total. The van der Waals surface area contributed by atoms with Gasteiger partial charge in [0.2, 0.25) is 0 Å². The molecular weight excluding hydrogens is 363 g/mol. The van der Waals surface area contributed by atoms with Crippen molar-refractivity contribution in [2.45, 2.75) is 0 Å². The lowest BCUT2D eigenvalue weighted by Crippen LogP contribution is -2.40. The lowest BCUT2D eigenvalue weighted by Gasteiger charge is -2.29. The van der Waals surface area contributed by atoms with Gasteiger partial charge >= 0.3 is 0 Å². The topological polar surface area (TPSA) is 59.1 Å². The summed E-state index contributed by atoms with van der Waals surface area (Å²) < 4.78 is 23.9. The first-order valence-electron chi connectivity index (χ1n) is 8.96. The van der Waals surface area contributed by atoms with Crippen molar-refractivity contribution in [3.63, 3.8) is 0 Å². The Morgan fingerprint density at radius 1 is 0.929 bits per heavy atom. The predicted molar refractivity (Wildman–Crippen MR) is 101 cm³/mol. The highest BCUT2D eigenvalue weighted by atomic mass is 19.1. The van der Waals surface area contributed by atoms with Crippen LogP contribution in [0.5, 0.6) is 5.75 Å². The third-order valence-corrected chi connectivity index (χ3v) is 4.85. The van der Waals surface area contributed by atoms with E-state index in [1.54, 1.807) is 31.4 Å². The molecule has 0 unspecified atom stereocenters. The summed E-state index contributed by atoms with van der Waals surface area (Å²) in [5.41, 5.74) is 1.58. The van der Waals surface area contributed by atoms with Crippen LogP contribution in [0.2, 0.25) is 0 Å². The van der Waals surface area contributed by atoms with Crippen molar-refractivity contribution < 1.29 is 23.5 Å². The number of methoxy groups -OCH3 is 1. The molecule has 0 N–H and O–H groups in total. The van der Waals surface area contributed by atoms with E-state index in [4.69, 9.17) is 9.47 Å². The first-order valence-corrected chi connectivity index (χ1v) is 8.96. The van der Waals surface area contributed by atoms with Crippen LogP contribution in [0.15, 0.2) is 54.2 Å². The van der Waals surface area contributed by atoms with Crippen LogP contribution >= 0.6 is 0 Å². The van der Waals surface area contributed by atoms with Crippen LogP contribution in [0.4, 0.5) is 10.1 Å². The zero-order chi connectivity index (χ0) is 19.7. The minimum absolute atomic E-state index is 0.280. The predicted octanol–water partition coefficient (Wildman–Crippen LogP) is 2.45. The monoisotopic (exact) mass is 382 g/mol. The third-order valence-electron chi connectivity index (χ3n) is 4.85. The molecule has 0 aliphatic carbocycles. The number of amides is 2. The summed E-state index contributed by atoms with van der Waals surface area (Å²) in [6.45, 7) is 1.97. The number of carbonyl (C=O) groups is 2. The van der Waals surface area contributed by atoms with Gasteiger partial charge in [-0.25, -0.2) is 9.29 Å². The van der Waals surface area contributed by atoms with E-state index in [9.17, 15) is 14.0 Å². The van der Waals surface area contributed by atoms with E-state index in [1.807, 2.05) is 4.90 Å². The second-order valence-corrected chi connectivity index (χ2v) is 6.47. The molecule has 144 valence electrons. The van der Waals surface area contributed by atoms with E-state index in [-0.39, 0.29) is 5.57 Å². The van der Waals surface area contributed by atoms with Crippen molar-refractivity contribution in [3.8, 4) is 5.75 Å². The highest BCUT2D eigenvalue weighted by Crippen LogP contribution is 2.35. The Bertz CT molecular complexity index is 932. The second kappa shape index (κ2) is 7.44. The van der Waals surface area contributed by atoms with Gasteiger partial charge in [-0.3, -0.25) is 9.59 Å². The lowest BCUT2D eigenvalue weighted by atomic mass is 10.0. The summed E-state index contributed by atoms with van der Waals surface area (Å²) in [6, 6.07) is 12.3. The van der Waals surface area contributed by atoms with Gasteiger partial charge in [0, 0.05) is 13.1 Å². The summed E-state index contributed by atoms with van der Waals surface area (Å²) in [5.74, 6) is -0.594. The van der Waals surface area contributed by atoms with Gasteiger partial charge in [-0.1, -0.05) is 12.1 Å². The summed E-state index contributed by atoms with van der Waals surface area (Å²) in [4.78, 5) is 29.6.